The zero-order valence-corrected chi connectivity index (χ0v) is 14.1. The van der Waals surface area contributed by atoms with Gasteiger partial charge in [0, 0.05) is 11.9 Å². The van der Waals surface area contributed by atoms with Crippen LogP contribution in [0.15, 0.2) is 42.6 Å². The molecule has 1 aromatic carbocycles. The average Bonchev–Trinajstić information content (AvgIpc) is 2.56. The lowest BCUT2D eigenvalue weighted by Gasteiger charge is -2.16. The Labute approximate surface area is 148 Å². The lowest BCUT2D eigenvalue weighted by atomic mass is 10.1. The zero-order chi connectivity index (χ0) is 19.3. The van der Waals surface area contributed by atoms with Crippen LogP contribution in [-0.2, 0) is 26.9 Å². The molecule has 0 aliphatic carbocycles. The maximum atomic E-state index is 12.9. The van der Waals surface area contributed by atoms with Crippen LogP contribution in [0.25, 0.3) is 0 Å². The van der Waals surface area contributed by atoms with E-state index in [0.717, 1.165) is 17.8 Å². The van der Waals surface area contributed by atoms with Gasteiger partial charge in [0.1, 0.15) is 0 Å². The summed E-state index contributed by atoms with van der Waals surface area (Å²) in [5.41, 5.74) is 0.0297. The van der Waals surface area contributed by atoms with Gasteiger partial charge in [0.25, 0.3) is 5.91 Å². The van der Waals surface area contributed by atoms with Crippen LogP contribution in [0.5, 0.6) is 0 Å². The van der Waals surface area contributed by atoms with E-state index in [1.54, 1.807) is 19.1 Å². The molecule has 5 nitrogen and oxygen atoms in total. The lowest BCUT2D eigenvalue weighted by molar-refractivity contribution is -0.152. The molecular weight excluding hydrogens is 349 g/mol. The van der Waals surface area contributed by atoms with E-state index in [0.29, 0.717) is 5.56 Å². The molecule has 1 amide bonds. The van der Waals surface area contributed by atoms with Gasteiger partial charge in [-0.05, 0) is 37.6 Å². The summed E-state index contributed by atoms with van der Waals surface area (Å²) < 4.78 is 43.8. The van der Waals surface area contributed by atoms with E-state index in [4.69, 9.17) is 4.74 Å². The number of rotatable bonds is 5. The van der Waals surface area contributed by atoms with E-state index in [2.05, 4.69) is 10.3 Å². The molecule has 2 rings (SSSR count). The van der Waals surface area contributed by atoms with Gasteiger partial charge in [-0.25, -0.2) is 0 Å². The molecule has 26 heavy (non-hydrogen) atoms. The Kier molecular flexibility index (Phi) is 5.97. The fourth-order valence-corrected chi connectivity index (χ4v) is 2.14. The topological polar surface area (TPSA) is 68.3 Å². The highest BCUT2D eigenvalue weighted by molar-refractivity contribution is 5.95. The van der Waals surface area contributed by atoms with Gasteiger partial charge < -0.3 is 10.1 Å². The molecule has 138 valence electrons. The fourth-order valence-electron chi connectivity index (χ4n) is 2.14. The van der Waals surface area contributed by atoms with Crippen molar-refractivity contribution in [3.63, 3.8) is 0 Å². The molecular formula is C18H17F3N2O3. The molecule has 1 unspecified atom stereocenters. The molecule has 1 atom stereocenters. The summed E-state index contributed by atoms with van der Waals surface area (Å²) in [6.45, 7) is 3.09. The van der Waals surface area contributed by atoms with E-state index in [1.807, 2.05) is 0 Å². The van der Waals surface area contributed by atoms with Crippen LogP contribution in [0.3, 0.4) is 0 Å². The summed E-state index contributed by atoms with van der Waals surface area (Å²) in [6.07, 6.45) is -4.44. The number of halogens is 3. The molecule has 2 aromatic rings. The molecule has 1 heterocycles. The molecule has 0 aliphatic rings. The van der Waals surface area contributed by atoms with Crippen LogP contribution < -0.4 is 5.32 Å². The Morgan fingerprint density at radius 2 is 1.88 bits per heavy atom. The number of aromatic nitrogens is 1. The molecule has 0 radical (unpaired) electrons. The number of esters is 1. The van der Waals surface area contributed by atoms with Crippen LogP contribution in [0.1, 0.15) is 23.7 Å². The maximum Gasteiger partial charge on any atom is 0.418 e. The second-order valence-electron chi connectivity index (χ2n) is 5.65. The summed E-state index contributed by atoms with van der Waals surface area (Å²) in [5, 5.41) is 2.15. The van der Waals surface area contributed by atoms with Crippen molar-refractivity contribution in [2.24, 2.45) is 0 Å². The van der Waals surface area contributed by atoms with Crippen molar-refractivity contribution in [2.75, 3.05) is 5.32 Å². The molecule has 0 bridgehead atoms. The van der Waals surface area contributed by atoms with Crippen molar-refractivity contribution in [2.45, 2.75) is 32.5 Å². The predicted molar refractivity (Wildman–Crippen MR) is 88.3 cm³/mol. The number of nitrogens with one attached hydrogen (secondary N) is 1. The number of pyridine rings is 1. The monoisotopic (exact) mass is 366 g/mol. The number of hydrogen-bond acceptors (Lipinski definition) is 4. The largest absolute Gasteiger partial charge is 0.452 e. The molecule has 0 saturated carbocycles. The van der Waals surface area contributed by atoms with Crippen molar-refractivity contribution in [1.82, 2.24) is 4.98 Å². The summed E-state index contributed by atoms with van der Waals surface area (Å²) in [5.74, 6) is -1.53. The number of para-hydroxylation sites is 1. The first-order valence-electron chi connectivity index (χ1n) is 7.75. The number of benzene rings is 1. The van der Waals surface area contributed by atoms with Crippen molar-refractivity contribution >= 4 is 17.6 Å². The number of hydrogen-bond donors (Lipinski definition) is 1. The van der Waals surface area contributed by atoms with Crippen molar-refractivity contribution in [3.8, 4) is 0 Å². The molecule has 8 heteroatoms. The van der Waals surface area contributed by atoms with E-state index in [1.165, 1.54) is 25.3 Å². The van der Waals surface area contributed by atoms with Gasteiger partial charge in [0.15, 0.2) is 6.10 Å². The standard InChI is InChI=1S/C18H17F3N2O3/c1-11-7-8-13(10-22-11)9-16(24)26-12(2)17(25)23-15-6-4-3-5-14(15)18(19,20)21/h3-8,10,12H,9H2,1-2H3,(H,23,25). The zero-order valence-electron chi connectivity index (χ0n) is 14.1. The number of ether oxygens (including phenoxy) is 1. The van der Waals surface area contributed by atoms with Crippen LogP contribution in [-0.4, -0.2) is 23.0 Å². The van der Waals surface area contributed by atoms with E-state index in [-0.39, 0.29) is 6.42 Å². The van der Waals surface area contributed by atoms with Gasteiger partial charge in [-0.15, -0.1) is 0 Å². The molecule has 1 aromatic heterocycles. The molecule has 0 saturated heterocycles. The quantitative estimate of drug-likeness (QED) is 0.822. The summed E-state index contributed by atoms with van der Waals surface area (Å²) >= 11 is 0. The Morgan fingerprint density at radius 3 is 2.50 bits per heavy atom. The summed E-state index contributed by atoms with van der Waals surface area (Å²) in [4.78, 5) is 28.0. The highest BCUT2D eigenvalue weighted by Gasteiger charge is 2.34. The van der Waals surface area contributed by atoms with Crippen LogP contribution >= 0.6 is 0 Å². The van der Waals surface area contributed by atoms with Crippen molar-refractivity contribution < 1.29 is 27.5 Å². The summed E-state index contributed by atoms with van der Waals surface area (Å²) in [6, 6.07) is 8.01. The first-order valence-corrected chi connectivity index (χ1v) is 7.75. The number of carbonyl (C=O) groups is 2. The molecule has 0 fully saturated rings. The Hall–Kier alpha value is -2.90. The van der Waals surface area contributed by atoms with Crippen molar-refractivity contribution in [1.29, 1.82) is 0 Å². The van der Waals surface area contributed by atoms with E-state index < -0.39 is 35.4 Å². The second-order valence-corrected chi connectivity index (χ2v) is 5.65. The third-order valence-corrected chi connectivity index (χ3v) is 3.49. The Bertz CT molecular complexity index is 789. The number of amides is 1. The Morgan fingerprint density at radius 1 is 1.19 bits per heavy atom. The highest BCUT2D eigenvalue weighted by Crippen LogP contribution is 2.34. The minimum atomic E-state index is -4.61. The van der Waals surface area contributed by atoms with Gasteiger partial charge >= 0.3 is 12.1 Å². The first kappa shape index (κ1) is 19.4. The number of alkyl halides is 3. The first-order chi connectivity index (χ1) is 12.2. The normalized spacial score (nSPS) is 12.3. The number of anilines is 1. The summed E-state index contributed by atoms with van der Waals surface area (Å²) in [7, 11) is 0. The molecule has 1 N–H and O–H groups in total. The van der Waals surface area contributed by atoms with Gasteiger partial charge in [-0.1, -0.05) is 18.2 Å². The van der Waals surface area contributed by atoms with E-state index >= 15 is 0 Å². The lowest BCUT2D eigenvalue weighted by Crippen LogP contribution is -2.31. The van der Waals surface area contributed by atoms with Gasteiger partial charge in [0.2, 0.25) is 0 Å². The van der Waals surface area contributed by atoms with Gasteiger partial charge in [0.05, 0.1) is 17.7 Å². The smallest absolute Gasteiger partial charge is 0.418 e. The highest BCUT2D eigenvalue weighted by atomic mass is 19.4. The number of aryl methyl sites for hydroxylation is 1. The molecule has 0 spiro atoms. The third kappa shape index (κ3) is 5.30. The predicted octanol–water partition coefficient (Wildman–Crippen LogP) is 3.52. The van der Waals surface area contributed by atoms with E-state index in [9.17, 15) is 22.8 Å². The average molecular weight is 366 g/mol. The molecule has 0 aliphatic heterocycles. The minimum Gasteiger partial charge on any atom is -0.452 e. The minimum absolute atomic E-state index is 0.0932. The van der Waals surface area contributed by atoms with Gasteiger partial charge in [-0.2, -0.15) is 13.2 Å². The number of nitrogens with zero attached hydrogens (tertiary/aromatic N) is 1. The Balaban J connectivity index is 1.97. The van der Waals surface area contributed by atoms with Crippen LogP contribution in [0, 0.1) is 6.92 Å². The number of carbonyl (C=O) groups excluding carboxylic acids is 2. The SMILES string of the molecule is Cc1ccc(CC(=O)OC(C)C(=O)Nc2ccccc2C(F)(F)F)cn1. The van der Waals surface area contributed by atoms with Crippen molar-refractivity contribution in [3.05, 3.63) is 59.4 Å². The third-order valence-electron chi connectivity index (χ3n) is 3.49. The fraction of sp³-hybridized carbons (Fsp3) is 0.278. The van der Waals surface area contributed by atoms with Crippen LogP contribution in [0.4, 0.5) is 18.9 Å². The maximum absolute atomic E-state index is 12.9. The van der Waals surface area contributed by atoms with Gasteiger partial charge in [-0.3, -0.25) is 14.6 Å². The second kappa shape index (κ2) is 7.99. The van der Waals surface area contributed by atoms with Crippen LogP contribution in [0.2, 0.25) is 0 Å².